The number of allylic oxidation sites excluding steroid dienone is 2. The molecule has 4 nitrogen and oxygen atoms in total. The van der Waals surface area contributed by atoms with Gasteiger partial charge in [-0.25, -0.2) is 0 Å². The van der Waals surface area contributed by atoms with E-state index in [0.717, 1.165) is 25.7 Å². The molecular weight excluding hydrogens is 424 g/mol. The van der Waals surface area contributed by atoms with E-state index in [1.165, 1.54) is 5.57 Å². The monoisotopic (exact) mass is 476 g/mol. The van der Waals surface area contributed by atoms with Gasteiger partial charge in [0, 0.05) is 11.8 Å². The highest BCUT2D eigenvalue weighted by Gasteiger charge is 2.73. The second-order valence-electron chi connectivity index (χ2n) is 13.9. The predicted octanol–water partition coefficient (Wildman–Crippen LogP) is 5.18. The minimum Gasteiger partial charge on any atom is -0.393 e. The van der Waals surface area contributed by atoms with Crippen molar-refractivity contribution in [2.24, 2.45) is 58.2 Å². The summed E-state index contributed by atoms with van der Waals surface area (Å²) >= 11 is 0. The van der Waals surface area contributed by atoms with E-state index in [0.29, 0.717) is 36.0 Å². The van der Waals surface area contributed by atoms with Crippen LogP contribution in [0.15, 0.2) is 11.6 Å². The van der Waals surface area contributed by atoms with Crippen LogP contribution < -0.4 is 0 Å². The average Bonchev–Trinajstić information content (AvgIpc) is 3.09. The first kappa shape index (κ1) is 26.6. The molecule has 4 heteroatoms. The fourth-order valence-electron chi connectivity index (χ4n) is 9.87. The van der Waals surface area contributed by atoms with Crippen LogP contribution in [0.1, 0.15) is 93.9 Å². The Balaban J connectivity index is 1.66. The third-order valence-corrected chi connectivity index (χ3v) is 12.4. The third-order valence-electron chi connectivity index (χ3n) is 12.4. The predicted molar refractivity (Wildman–Crippen MR) is 137 cm³/mol. The highest BCUT2D eigenvalue weighted by Crippen LogP contribution is 2.70. The van der Waals surface area contributed by atoms with Gasteiger partial charge in [0.15, 0.2) is 0 Å². The zero-order valence-corrected chi connectivity index (χ0v) is 23.0. The smallest absolute Gasteiger partial charge is 0.102 e. The Morgan fingerprint density at radius 1 is 0.882 bits per heavy atom. The first-order valence-corrected chi connectivity index (χ1v) is 14.2. The van der Waals surface area contributed by atoms with E-state index in [9.17, 15) is 20.4 Å². The highest BCUT2D eigenvalue weighted by atomic mass is 16.3. The second kappa shape index (κ2) is 8.85. The van der Waals surface area contributed by atoms with Gasteiger partial charge in [-0.3, -0.25) is 0 Å². The summed E-state index contributed by atoms with van der Waals surface area (Å²) < 4.78 is 0. The molecule has 0 bridgehead atoms. The molecule has 4 aliphatic rings. The van der Waals surface area contributed by atoms with E-state index >= 15 is 0 Å². The number of aliphatic hydroxyl groups excluding tert-OH is 3. The van der Waals surface area contributed by atoms with Crippen LogP contribution in [0.2, 0.25) is 0 Å². The van der Waals surface area contributed by atoms with Gasteiger partial charge in [0.25, 0.3) is 0 Å². The molecule has 0 aromatic carbocycles. The lowest BCUT2D eigenvalue weighted by Crippen LogP contribution is -2.75. The van der Waals surface area contributed by atoms with Gasteiger partial charge in [-0.1, -0.05) is 60.1 Å². The van der Waals surface area contributed by atoms with E-state index < -0.39 is 29.3 Å². The minimum absolute atomic E-state index is 0.00328. The molecule has 0 aromatic heterocycles. The number of hydrogen-bond acceptors (Lipinski definition) is 4. The average molecular weight is 477 g/mol. The molecule has 13 unspecified atom stereocenters. The lowest BCUT2D eigenvalue weighted by Gasteiger charge is -2.68. The van der Waals surface area contributed by atoms with Crippen LogP contribution in [0.5, 0.6) is 0 Å². The van der Waals surface area contributed by atoms with Crippen LogP contribution >= 0.6 is 0 Å². The van der Waals surface area contributed by atoms with Crippen molar-refractivity contribution >= 4 is 0 Å². The normalized spacial score (nSPS) is 53.1. The van der Waals surface area contributed by atoms with Gasteiger partial charge < -0.3 is 20.4 Å². The van der Waals surface area contributed by atoms with Gasteiger partial charge in [0.2, 0.25) is 0 Å². The molecule has 0 saturated heterocycles. The van der Waals surface area contributed by atoms with Crippen molar-refractivity contribution in [1.82, 2.24) is 0 Å². The topological polar surface area (TPSA) is 80.9 Å². The summed E-state index contributed by atoms with van der Waals surface area (Å²) in [5.74, 6) is 2.52. The zero-order valence-electron chi connectivity index (χ0n) is 23.0. The molecule has 13 atom stereocenters. The van der Waals surface area contributed by atoms with Crippen LogP contribution in [0.3, 0.4) is 0 Å². The van der Waals surface area contributed by atoms with Crippen molar-refractivity contribution in [2.75, 3.05) is 0 Å². The zero-order chi connectivity index (χ0) is 25.4. The van der Waals surface area contributed by atoms with E-state index in [-0.39, 0.29) is 29.6 Å². The molecule has 0 aliphatic heterocycles. The molecule has 4 saturated carbocycles. The highest BCUT2D eigenvalue weighted by molar-refractivity contribution is 5.23. The number of aliphatic hydroxyl groups is 4. The standard InChI is InChI=1S/C30H52O4/c1-16(2)19(5)17(3)13-18(4)21-9-11-23-24-12-10-22-20(6)25(31)14-26(32)29(22,8)30(24,34)27(33)15-28(21,23)7/h13,16,18-27,31-34H,9-12,14-15H2,1-8H3. The van der Waals surface area contributed by atoms with Gasteiger partial charge in [-0.15, -0.1) is 0 Å². The van der Waals surface area contributed by atoms with Gasteiger partial charge in [0.1, 0.15) is 5.60 Å². The van der Waals surface area contributed by atoms with Crippen LogP contribution in [-0.4, -0.2) is 44.3 Å². The van der Waals surface area contributed by atoms with E-state index in [2.05, 4.69) is 54.5 Å². The number of rotatable bonds is 4. The Hall–Kier alpha value is -0.420. The summed E-state index contributed by atoms with van der Waals surface area (Å²) in [6.45, 7) is 18.0. The summed E-state index contributed by atoms with van der Waals surface area (Å²) in [7, 11) is 0. The fourth-order valence-corrected chi connectivity index (χ4v) is 9.87. The van der Waals surface area contributed by atoms with Crippen LogP contribution in [0.4, 0.5) is 0 Å². The van der Waals surface area contributed by atoms with E-state index in [1.807, 2.05) is 6.92 Å². The SMILES string of the molecule is CC(=CC(C)C1CCC2C3CCC4C(C)C(O)CC(O)C4(C)C3(O)C(O)CC12C)C(C)C(C)C. The molecule has 0 aromatic rings. The first-order chi connectivity index (χ1) is 15.7. The van der Waals surface area contributed by atoms with Gasteiger partial charge in [0.05, 0.1) is 18.3 Å². The maximum absolute atomic E-state index is 12.5. The van der Waals surface area contributed by atoms with Crippen molar-refractivity contribution in [1.29, 1.82) is 0 Å². The van der Waals surface area contributed by atoms with Crippen molar-refractivity contribution in [2.45, 2.75) is 118 Å². The maximum atomic E-state index is 12.5. The lowest BCUT2D eigenvalue weighted by molar-refractivity contribution is -0.316. The van der Waals surface area contributed by atoms with Crippen molar-refractivity contribution in [3.05, 3.63) is 11.6 Å². The summed E-state index contributed by atoms with van der Waals surface area (Å²) in [6, 6.07) is 0. The molecule has 4 aliphatic carbocycles. The quantitative estimate of drug-likeness (QED) is 0.421. The molecule has 34 heavy (non-hydrogen) atoms. The number of fused-ring (bicyclic) bond motifs is 5. The van der Waals surface area contributed by atoms with E-state index in [1.54, 1.807) is 0 Å². The molecule has 0 heterocycles. The van der Waals surface area contributed by atoms with Crippen LogP contribution in [0, 0.1) is 58.2 Å². The molecular formula is C30H52O4. The van der Waals surface area contributed by atoms with Gasteiger partial charge >= 0.3 is 0 Å². The minimum atomic E-state index is -1.30. The summed E-state index contributed by atoms with van der Waals surface area (Å²) in [5.41, 5.74) is -0.637. The number of hydrogen-bond donors (Lipinski definition) is 4. The van der Waals surface area contributed by atoms with Gasteiger partial charge in [-0.05, 0) is 91.8 Å². The molecule has 196 valence electrons. The Bertz CT molecular complexity index is 793. The van der Waals surface area contributed by atoms with Crippen molar-refractivity contribution < 1.29 is 20.4 Å². The molecule has 4 N–H and O–H groups in total. The van der Waals surface area contributed by atoms with Crippen molar-refractivity contribution in [3.8, 4) is 0 Å². The summed E-state index contributed by atoms with van der Waals surface area (Å²) in [4.78, 5) is 0. The fraction of sp³-hybridized carbons (Fsp3) is 0.933. The second-order valence-corrected chi connectivity index (χ2v) is 13.9. The van der Waals surface area contributed by atoms with Gasteiger partial charge in [-0.2, -0.15) is 0 Å². The van der Waals surface area contributed by atoms with Crippen LogP contribution in [-0.2, 0) is 0 Å². The van der Waals surface area contributed by atoms with Crippen molar-refractivity contribution in [3.63, 3.8) is 0 Å². The summed E-state index contributed by atoms with van der Waals surface area (Å²) in [5, 5.41) is 46.0. The largest absolute Gasteiger partial charge is 0.393 e. The maximum Gasteiger partial charge on any atom is 0.102 e. The molecule has 0 spiro atoms. The Morgan fingerprint density at radius 2 is 1.47 bits per heavy atom. The molecule has 4 rings (SSSR count). The third kappa shape index (κ3) is 3.52. The lowest BCUT2D eigenvalue weighted by atomic mass is 9.39. The van der Waals surface area contributed by atoms with E-state index in [4.69, 9.17) is 0 Å². The molecule has 0 amide bonds. The molecule has 4 fully saturated rings. The molecule has 0 radical (unpaired) electrons. The Morgan fingerprint density at radius 3 is 2.09 bits per heavy atom. The Labute approximate surface area is 208 Å². The first-order valence-electron chi connectivity index (χ1n) is 14.2. The Kier molecular flexibility index (Phi) is 6.94. The summed E-state index contributed by atoms with van der Waals surface area (Å²) in [6.07, 6.45) is 5.19. The van der Waals surface area contributed by atoms with Crippen LogP contribution in [0.25, 0.3) is 0 Å².